The smallest absolute Gasteiger partial charge is 0.379 e. The summed E-state index contributed by atoms with van der Waals surface area (Å²) in [6.45, 7) is 2.15. The Balaban J connectivity index is 1.31. The fourth-order valence-corrected chi connectivity index (χ4v) is 6.78. The molecule has 2 aliphatic heterocycles. The first kappa shape index (κ1) is 23.1. The molecule has 0 radical (unpaired) electrons. The SMILES string of the molecule is COC1COCCC1N[C@@H]1C[C@H]2CCC[C@@]2(C(=O)N2CCc3ccc(C(F)(F)F)cc3C2)C1. The topological polar surface area (TPSA) is 50.8 Å². The fraction of sp³-hybridized carbons (Fsp3) is 0.720. The van der Waals surface area contributed by atoms with Gasteiger partial charge in [-0.3, -0.25) is 4.79 Å². The molecular weight excluding hydrogens is 433 g/mol. The van der Waals surface area contributed by atoms with Crippen molar-refractivity contribution in [2.24, 2.45) is 11.3 Å². The predicted molar refractivity (Wildman–Crippen MR) is 117 cm³/mol. The van der Waals surface area contributed by atoms with Crippen LogP contribution in [-0.2, 0) is 33.4 Å². The van der Waals surface area contributed by atoms with Crippen molar-refractivity contribution in [3.63, 3.8) is 0 Å². The second-order valence-corrected chi connectivity index (χ2v) is 10.3. The first-order valence-corrected chi connectivity index (χ1v) is 12.1. The standard InChI is InChI=1S/C25H33F3N2O3/c1-32-22-15-33-10-7-21(22)29-20-12-18-3-2-8-24(18,13-20)23(31)30-9-6-16-4-5-19(25(26,27)28)11-17(16)14-30/h4-5,11,18,20-22,29H,2-3,6-10,12-15H2,1H3/t18-,20-,21?,22?,24-/m1/s1. The van der Waals surface area contributed by atoms with Gasteiger partial charge in [0.2, 0.25) is 5.91 Å². The van der Waals surface area contributed by atoms with Crippen LogP contribution < -0.4 is 5.32 Å². The summed E-state index contributed by atoms with van der Waals surface area (Å²) >= 11 is 0. The number of benzene rings is 1. The minimum atomic E-state index is -4.37. The molecule has 2 heterocycles. The molecule has 5 atom stereocenters. The Labute approximate surface area is 193 Å². The van der Waals surface area contributed by atoms with Crippen LogP contribution in [0.2, 0.25) is 0 Å². The van der Waals surface area contributed by atoms with Gasteiger partial charge >= 0.3 is 6.18 Å². The highest BCUT2D eigenvalue weighted by Crippen LogP contribution is 2.55. The van der Waals surface area contributed by atoms with Gasteiger partial charge in [-0.05, 0) is 67.7 Å². The van der Waals surface area contributed by atoms with Crippen molar-refractivity contribution in [1.29, 1.82) is 0 Å². The van der Waals surface area contributed by atoms with Gasteiger partial charge in [-0.1, -0.05) is 12.5 Å². The number of amides is 1. The third-order valence-electron chi connectivity index (χ3n) is 8.45. The van der Waals surface area contributed by atoms with Crippen molar-refractivity contribution in [2.75, 3.05) is 26.9 Å². The maximum absolute atomic E-state index is 13.9. The molecule has 8 heteroatoms. The molecule has 0 bridgehead atoms. The van der Waals surface area contributed by atoms with Gasteiger partial charge in [-0.15, -0.1) is 0 Å². The summed E-state index contributed by atoms with van der Waals surface area (Å²) < 4.78 is 50.8. The summed E-state index contributed by atoms with van der Waals surface area (Å²) in [6.07, 6.45) is 1.90. The number of alkyl halides is 3. The van der Waals surface area contributed by atoms with E-state index in [0.717, 1.165) is 50.2 Å². The van der Waals surface area contributed by atoms with Crippen molar-refractivity contribution in [2.45, 2.75) is 75.9 Å². The monoisotopic (exact) mass is 466 g/mol. The summed E-state index contributed by atoms with van der Waals surface area (Å²) in [5, 5.41) is 3.77. The van der Waals surface area contributed by atoms with Crippen molar-refractivity contribution >= 4 is 5.91 Å². The molecule has 5 nitrogen and oxygen atoms in total. The number of carbonyl (C=O) groups is 1. The molecule has 1 aromatic rings. The van der Waals surface area contributed by atoms with E-state index in [-0.39, 0.29) is 36.1 Å². The van der Waals surface area contributed by atoms with Crippen LogP contribution in [0.5, 0.6) is 0 Å². The molecule has 2 aliphatic carbocycles. The van der Waals surface area contributed by atoms with E-state index in [4.69, 9.17) is 9.47 Å². The van der Waals surface area contributed by atoms with E-state index in [9.17, 15) is 18.0 Å². The van der Waals surface area contributed by atoms with Crippen LogP contribution >= 0.6 is 0 Å². The number of nitrogens with zero attached hydrogens (tertiary/aromatic N) is 1. The normalized spacial score (nSPS) is 34.2. The molecule has 5 rings (SSSR count). The van der Waals surface area contributed by atoms with Crippen LogP contribution in [0.4, 0.5) is 13.2 Å². The quantitative estimate of drug-likeness (QED) is 0.731. The second kappa shape index (κ2) is 8.86. The lowest BCUT2D eigenvalue weighted by Gasteiger charge is -2.38. The van der Waals surface area contributed by atoms with Crippen LogP contribution in [0.25, 0.3) is 0 Å². The molecule has 0 aromatic heterocycles. The van der Waals surface area contributed by atoms with Gasteiger partial charge in [0.15, 0.2) is 0 Å². The minimum absolute atomic E-state index is 0.0206. The van der Waals surface area contributed by atoms with Gasteiger partial charge in [-0.25, -0.2) is 0 Å². The van der Waals surface area contributed by atoms with E-state index in [1.165, 1.54) is 6.07 Å². The highest BCUT2D eigenvalue weighted by Gasteiger charge is 2.56. The van der Waals surface area contributed by atoms with E-state index >= 15 is 0 Å². The minimum Gasteiger partial charge on any atom is -0.379 e. The number of halogens is 3. The first-order valence-electron chi connectivity index (χ1n) is 12.1. The zero-order chi connectivity index (χ0) is 23.2. The molecule has 2 saturated carbocycles. The molecule has 1 N–H and O–H groups in total. The number of rotatable bonds is 4. The van der Waals surface area contributed by atoms with Crippen molar-refractivity contribution in [3.8, 4) is 0 Å². The number of fused-ring (bicyclic) bond motifs is 2. The summed E-state index contributed by atoms with van der Waals surface area (Å²) in [4.78, 5) is 15.7. The maximum atomic E-state index is 13.9. The molecular formula is C25H33F3N2O3. The van der Waals surface area contributed by atoms with Crippen LogP contribution in [-0.4, -0.2) is 55.9 Å². The number of ether oxygens (including phenoxy) is 2. The Morgan fingerprint density at radius 1 is 1.27 bits per heavy atom. The first-order chi connectivity index (χ1) is 15.8. The van der Waals surface area contributed by atoms with E-state index in [2.05, 4.69) is 5.32 Å². The third-order valence-corrected chi connectivity index (χ3v) is 8.45. The average Bonchev–Trinajstić information content (AvgIpc) is 3.35. The molecule has 1 aromatic carbocycles. The van der Waals surface area contributed by atoms with Gasteiger partial charge in [0.25, 0.3) is 0 Å². The maximum Gasteiger partial charge on any atom is 0.416 e. The van der Waals surface area contributed by atoms with Crippen LogP contribution in [0.1, 0.15) is 55.2 Å². The van der Waals surface area contributed by atoms with Crippen LogP contribution in [0.15, 0.2) is 18.2 Å². The van der Waals surface area contributed by atoms with Crippen molar-refractivity contribution in [1.82, 2.24) is 10.2 Å². The molecule has 1 amide bonds. The number of methoxy groups -OCH3 is 1. The third kappa shape index (κ3) is 4.30. The van der Waals surface area contributed by atoms with Crippen molar-refractivity contribution in [3.05, 3.63) is 34.9 Å². The number of hydrogen-bond acceptors (Lipinski definition) is 4. The Hall–Kier alpha value is -1.64. The average molecular weight is 467 g/mol. The summed E-state index contributed by atoms with van der Waals surface area (Å²) in [5.41, 5.74) is 0.531. The lowest BCUT2D eigenvalue weighted by Crippen LogP contribution is -2.51. The molecule has 182 valence electrons. The molecule has 0 spiro atoms. The van der Waals surface area contributed by atoms with E-state index in [1.807, 2.05) is 4.90 Å². The highest BCUT2D eigenvalue weighted by molar-refractivity contribution is 5.84. The predicted octanol–water partition coefficient (Wildman–Crippen LogP) is 3.93. The fourth-order valence-electron chi connectivity index (χ4n) is 6.78. The van der Waals surface area contributed by atoms with Crippen LogP contribution in [0.3, 0.4) is 0 Å². The van der Waals surface area contributed by atoms with E-state index in [1.54, 1.807) is 13.2 Å². The number of nitrogens with one attached hydrogen (secondary N) is 1. The van der Waals surface area contributed by atoms with Gasteiger partial charge in [-0.2, -0.15) is 13.2 Å². The van der Waals surface area contributed by atoms with Gasteiger partial charge in [0, 0.05) is 38.9 Å². The zero-order valence-electron chi connectivity index (χ0n) is 19.1. The summed E-state index contributed by atoms with van der Waals surface area (Å²) in [5.74, 6) is 0.485. The van der Waals surface area contributed by atoms with Crippen LogP contribution in [0, 0.1) is 11.3 Å². The Morgan fingerprint density at radius 3 is 2.91 bits per heavy atom. The zero-order valence-corrected chi connectivity index (χ0v) is 19.1. The van der Waals surface area contributed by atoms with Gasteiger partial charge in [0.1, 0.15) is 0 Å². The Kier molecular flexibility index (Phi) is 6.20. The van der Waals surface area contributed by atoms with Gasteiger partial charge < -0.3 is 19.7 Å². The summed E-state index contributed by atoms with van der Waals surface area (Å²) in [7, 11) is 1.71. The van der Waals surface area contributed by atoms with E-state index < -0.39 is 11.7 Å². The lowest BCUT2D eigenvalue weighted by molar-refractivity contribution is -0.144. The molecule has 2 unspecified atom stereocenters. The van der Waals surface area contributed by atoms with E-state index in [0.29, 0.717) is 37.7 Å². The second-order valence-electron chi connectivity index (χ2n) is 10.3. The van der Waals surface area contributed by atoms with Gasteiger partial charge in [0.05, 0.1) is 23.7 Å². The molecule has 33 heavy (non-hydrogen) atoms. The number of carbonyl (C=O) groups excluding carboxylic acids is 1. The molecule has 3 fully saturated rings. The number of hydrogen-bond donors (Lipinski definition) is 1. The molecule has 1 saturated heterocycles. The Morgan fingerprint density at radius 2 is 2.12 bits per heavy atom. The lowest BCUT2D eigenvalue weighted by atomic mass is 9.78. The summed E-state index contributed by atoms with van der Waals surface area (Å²) in [6, 6.07) is 4.44. The van der Waals surface area contributed by atoms with Crippen molar-refractivity contribution < 1.29 is 27.4 Å². The largest absolute Gasteiger partial charge is 0.416 e. The Bertz CT molecular complexity index is 892. The molecule has 4 aliphatic rings. The highest BCUT2D eigenvalue weighted by atomic mass is 19.4.